The summed E-state index contributed by atoms with van der Waals surface area (Å²) in [6, 6.07) is -0.931. The van der Waals surface area contributed by atoms with Crippen LogP contribution < -0.4 is 5.32 Å². The Morgan fingerprint density at radius 3 is 1.18 bits per heavy atom. The molecule has 2 aliphatic rings. The van der Waals surface area contributed by atoms with Crippen LogP contribution >= 0.6 is 0 Å². The van der Waals surface area contributed by atoms with Crippen molar-refractivity contribution in [2.45, 2.75) is 376 Å². The molecular weight excluding hydrogens is 1050 g/mol. The monoisotopic (exact) mass is 1180 g/mol. The lowest BCUT2D eigenvalue weighted by Crippen LogP contribution is -2.65. The Morgan fingerprint density at radius 2 is 0.771 bits per heavy atom. The SMILES string of the molecule is CCCCCCCCCC/C=C\CCCCCCCCCCCCCCCCCCCC(=O)NC(COC1OC(CO)C(OC2OC(CO)C(O)C(O)C2O)C(O)C1O)C(O)/C=C/CC/C=C/CCCCCCCCCCCCCCCC. The molecular formula is C69H129NO13. The molecule has 14 nitrogen and oxygen atoms in total. The largest absolute Gasteiger partial charge is 0.394 e. The molecule has 0 bridgehead atoms. The smallest absolute Gasteiger partial charge is 0.220 e. The standard InChI is InChI=1S/C69H129NO13/c1-3-5-7-9-11-13-15-17-19-21-23-25-26-27-28-29-30-31-32-33-35-37-39-41-43-45-47-49-51-53-61(74)70-57(58(73)52-50-48-46-44-42-40-38-36-34-24-22-20-18-16-14-12-10-8-6-4-2)56-80-68-66(79)64(77)67(60(55-72)82-68)83-69-65(78)63(76)62(75)59(54-71)81-69/h21,23,42,44,50,52,57-60,62-69,71-73,75-79H,3-20,22,24-41,43,45-49,51,53-56H2,1-2H3,(H,70,74)/b23-21-,44-42+,52-50+. The number of unbranched alkanes of at least 4 members (excludes halogenated alkanes) is 40. The first kappa shape index (κ1) is 77.3. The van der Waals surface area contributed by atoms with E-state index in [0.717, 1.165) is 32.1 Å². The molecule has 2 saturated heterocycles. The molecule has 0 spiro atoms. The number of carbonyl (C=O) groups is 1. The molecule has 12 unspecified atom stereocenters. The number of hydrogen-bond donors (Lipinski definition) is 9. The van der Waals surface area contributed by atoms with Crippen molar-refractivity contribution in [3.63, 3.8) is 0 Å². The second-order valence-corrected chi connectivity index (χ2v) is 24.6. The summed E-state index contributed by atoms with van der Waals surface area (Å²) >= 11 is 0. The van der Waals surface area contributed by atoms with Crippen molar-refractivity contribution in [2.24, 2.45) is 0 Å². The molecule has 14 heteroatoms. The maximum absolute atomic E-state index is 13.3. The fourth-order valence-electron chi connectivity index (χ4n) is 11.5. The van der Waals surface area contributed by atoms with Crippen molar-refractivity contribution < 1.29 is 64.6 Å². The van der Waals surface area contributed by atoms with Crippen LogP contribution in [0.3, 0.4) is 0 Å². The Morgan fingerprint density at radius 1 is 0.422 bits per heavy atom. The van der Waals surface area contributed by atoms with Crippen molar-refractivity contribution in [2.75, 3.05) is 19.8 Å². The summed E-state index contributed by atoms with van der Waals surface area (Å²) in [6.45, 7) is 2.82. The van der Waals surface area contributed by atoms with E-state index in [-0.39, 0.29) is 18.9 Å². The highest BCUT2D eigenvalue weighted by Crippen LogP contribution is 2.30. The van der Waals surface area contributed by atoms with Crippen LogP contribution in [0.15, 0.2) is 36.5 Å². The summed E-state index contributed by atoms with van der Waals surface area (Å²) in [5.41, 5.74) is 0. The molecule has 2 aliphatic heterocycles. The van der Waals surface area contributed by atoms with Crippen LogP contribution in [0.25, 0.3) is 0 Å². The van der Waals surface area contributed by atoms with E-state index in [1.807, 2.05) is 6.08 Å². The topological polar surface area (TPSA) is 228 Å². The number of aliphatic hydroxyl groups is 8. The predicted molar refractivity (Wildman–Crippen MR) is 337 cm³/mol. The minimum absolute atomic E-state index is 0.244. The highest BCUT2D eigenvalue weighted by molar-refractivity contribution is 5.76. The molecule has 12 atom stereocenters. The summed E-state index contributed by atoms with van der Waals surface area (Å²) in [4.78, 5) is 13.3. The zero-order chi connectivity index (χ0) is 60.2. The molecule has 2 fully saturated rings. The highest BCUT2D eigenvalue weighted by Gasteiger charge is 2.51. The third-order valence-electron chi connectivity index (χ3n) is 17.0. The second-order valence-electron chi connectivity index (χ2n) is 24.6. The van der Waals surface area contributed by atoms with Crippen molar-refractivity contribution in [3.05, 3.63) is 36.5 Å². The quantitative estimate of drug-likeness (QED) is 0.0204. The van der Waals surface area contributed by atoms with Crippen molar-refractivity contribution in [1.29, 1.82) is 0 Å². The first-order valence-electron chi connectivity index (χ1n) is 34.7. The lowest BCUT2D eigenvalue weighted by Gasteiger charge is -2.46. The number of aliphatic hydroxyl groups excluding tert-OH is 8. The Balaban J connectivity index is 1.68. The molecule has 0 saturated carbocycles. The molecule has 1 amide bonds. The van der Waals surface area contributed by atoms with Gasteiger partial charge in [-0.15, -0.1) is 0 Å². The maximum Gasteiger partial charge on any atom is 0.220 e. The first-order chi connectivity index (χ1) is 40.6. The molecule has 0 aliphatic carbocycles. The van der Waals surface area contributed by atoms with Crippen molar-refractivity contribution >= 4 is 5.91 Å². The Labute approximate surface area is 506 Å². The molecule has 0 radical (unpaired) electrons. The highest BCUT2D eigenvalue weighted by atomic mass is 16.7. The van der Waals surface area contributed by atoms with Crippen LogP contribution in [0.1, 0.15) is 303 Å². The van der Waals surface area contributed by atoms with Gasteiger partial charge in [-0.2, -0.15) is 0 Å². The van der Waals surface area contributed by atoms with Crippen LogP contribution in [0.4, 0.5) is 0 Å². The van der Waals surface area contributed by atoms with Crippen LogP contribution in [0.5, 0.6) is 0 Å². The van der Waals surface area contributed by atoms with E-state index in [2.05, 4.69) is 43.5 Å². The number of amides is 1. The number of rotatable bonds is 57. The van der Waals surface area contributed by atoms with Crippen molar-refractivity contribution in [1.82, 2.24) is 5.32 Å². The van der Waals surface area contributed by atoms with Gasteiger partial charge in [-0.05, 0) is 57.8 Å². The molecule has 0 aromatic heterocycles. The third kappa shape index (κ3) is 39.0. The summed E-state index contributed by atoms with van der Waals surface area (Å²) in [5.74, 6) is -0.244. The van der Waals surface area contributed by atoms with Gasteiger partial charge in [-0.1, -0.05) is 275 Å². The van der Waals surface area contributed by atoms with Gasteiger partial charge in [0.25, 0.3) is 0 Å². The van der Waals surface area contributed by atoms with Gasteiger partial charge in [-0.25, -0.2) is 0 Å². The van der Waals surface area contributed by atoms with Gasteiger partial charge in [0, 0.05) is 6.42 Å². The van der Waals surface area contributed by atoms with E-state index >= 15 is 0 Å². The Bertz CT molecular complexity index is 1530. The van der Waals surface area contributed by atoms with Crippen molar-refractivity contribution in [3.8, 4) is 0 Å². The van der Waals surface area contributed by atoms with E-state index in [9.17, 15) is 45.6 Å². The first-order valence-corrected chi connectivity index (χ1v) is 34.7. The summed E-state index contributed by atoms with van der Waals surface area (Å²) < 4.78 is 22.8. The molecule has 2 rings (SSSR count). The van der Waals surface area contributed by atoms with Crippen LogP contribution in [-0.4, -0.2) is 140 Å². The fraction of sp³-hybridized carbons (Fsp3) is 0.899. The number of hydrogen-bond acceptors (Lipinski definition) is 13. The molecule has 488 valence electrons. The predicted octanol–water partition coefficient (Wildman–Crippen LogP) is 13.7. The lowest BCUT2D eigenvalue weighted by molar-refractivity contribution is -0.359. The van der Waals surface area contributed by atoms with Gasteiger partial charge in [0.15, 0.2) is 12.6 Å². The van der Waals surface area contributed by atoms with E-state index in [1.54, 1.807) is 6.08 Å². The molecule has 9 N–H and O–H groups in total. The number of carbonyl (C=O) groups excluding carboxylic acids is 1. The molecule has 0 aromatic rings. The Kier molecular flexibility index (Phi) is 50.6. The number of nitrogens with one attached hydrogen (secondary N) is 1. The van der Waals surface area contributed by atoms with Gasteiger partial charge < -0.3 is 65.1 Å². The van der Waals surface area contributed by atoms with E-state index in [4.69, 9.17) is 18.9 Å². The zero-order valence-corrected chi connectivity index (χ0v) is 53.0. The van der Waals surface area contributed by atoms with Gasteiger partial charge >= 0.3 is 0 Å². The summed E-state index contributed by atoms with van der Waals surface area (Å²) in [6.07, 6.45) is 52.0. The Hall–Kier alpha value is -1.79. The molecule has 0 aromatic carbocycles. The summed E-state index contributed by atoms with van der Waals surface area (Å²) in [7, 11) is 0. The van der Waals surface area contributed by atoms with Gasteiger partial charge in [0.1, 0.15) is 48.8 Å². The van der Waals surface area contributed by atoms with Crippen LogP contribution in [0.2, 0.25) is 0 Å². The summed E-state index contributed by atoms with van der Waals surface area (Å²) in [5, 5.41) is 87.3. The number of allylic oxidation sites excluding steroid dienone is 5. The fourth-order valence-corrected chi connectivity index (χ4v) is 11.5. The normalized spacial score (nSPS) is 24.0. The zero-order valence-electron chi connectivity index (χ0n) is 53.0. The molecule has 2 heterocycles. The third-order valence-corrected chi connectivity index (χ3v) is 17.0. The van der Waals surface area contributed by atoms with E-state index < -0.39 is 86.8 Å². The average Bonchev–Trinajstić information content (AvgIpc) is 3.65. The second kappa shape index (κ2) is 54.4. The van der Waals surface area contributed by atoms with Gasteiger partial charge in [0.05, 0.1) is 32.0 Å². The van der Waals surface area contributed by atoms with E-state index in [0.29, 0.717) is 12.8 Å². The minimum Gasteiger partial charge on any atom is -0.394 e. The maximum atomic E-state index is 13.3. The lowest BCUT2D eigenvalue weighted by atomic mass is 9.97. The molecule has 83 heavy (non-hydrogen) atoms. The van der Waals surface area contributed by atoms with Gasteiger partial charge in [0.2, 0.25) is 5.91 Å². The van der Waals surface area contributed by atoms with Crippen LogP contribution in [-0.2, 0) is 23.7 Å². The van der Waals surface area contributed by atoms with Gasteiger partial charge in [-0.3, -0.25) is 4.79 Å². The minimum atomic E-state index is -1.79. The number of ether oxygens (including phenoxy) is 4. The van der Waals surface area contributed by atoms with E-state index in [1.165, 1.54) is 238 Å². The average molecular weight is 1180 g/mol. The van der Waals surface area contributed by atoms with Crippen LogP contribution in [0, 0.1) is 0 Å².